The first-order chi connectivity index (χ1) is 16.3. The van der Waals surface area contributed by atoms with Gasteiger partial charge in [-0.25, -0.2) is 4.79 Å². The lowest BCUT2D eigenvalue weighted by Crippen LogP contribution is -2.39. The van der Waals surface area contributed by atoms with Crippen molar-refractivity contribution >= 4 is 22.9 Å². The molecule has 0 unspecified atom stereocenters. The zero-order valence-electron chi connectivity index (χ0n) is 19.7. The first-order valence-electron chi connectivity index (χ1n) is 11.5. The molecule has 0 bridgehead atoms. The lowest BCUT2D eigenvalue weighted by atomic mass is 10.0. The van der Waals surface area contributed by atoms with Gasteiger partial charge in [-0.05, 0) is 55.5 Å². The Labute approximate surface area is 205 Å². The van der Waals surface area contributed by atoms with Crippen LogP contribution < -0.4 is 0 Å². The Morgan fingerprint density at radius 2 is 1.44 bits per heavy atom. The van der Waals surface area contributed by atoms with Crippen LogP contribution in [0.5, 0.6) is 0 Å². The van der Waals surface area contributed by atoms with Crippen LogP contribution >= 0.6 is 11.3 Å². The molecular weight excluding hydrogens is 446 g/mol. The number of hydrogen-bond donors (Lipinski definition) is 3. The summed E-state index contributed by atoms with van der Waals surface area (Å²) in [5, 5.41) is 30.7. The van der Waals surface area contributed by atoms with Crippen LogP contribution in [0, 0.1) is 0 Å². The van der Waals surface area contributed by atoms with Gasteiger partial charge < -0.3 is 15.3 Å². The Hall–Kier alpha value is -2.77. The molecule has 0 amide bonds. The summed E-state index contributed by atoms with van der Waals surface area (Å²) in [7, 11) is 0. The van der Waals surface area contributed by atoms with E-state index in [9.17, 15) is 15.0 Å². The maximum absolute atomic E-state index is 10.9. The number of aliphatic carboxylic acids is 1. The standard InChI is InChI=1S/C28H33NO4S/c1-20(17-28(32)33)27-16-15-24(34-27)14-13-21(2)29(18-25(30)22-9-5-3-6-10-22)19-26(31)23-11-7-4-8-12-23/h3-12,15-17,21,25-26,30-31H,13-14,18-19H2,1-2H3,(H,32,33)/b20-17+/t21-,25-,26-/m0/s1. The van der Waals surface area contributed by atoms with Gasteiger partial charge in [-0.15, -0.1) is 11.3 Å². The fraction of sp³-hybridized carbons (Fsp3) is 0.321. The van der Waals surface area contributed by atoms with Crippen molar-refractivity contribution in [1.29, 1.82) is 0 Å². The molecule has 6 heteroatoms. The maximum atomic E-state index is 10.9. The van der Waals surface area contributed by atoms with Crippen LogP contribution in [-0.2, 0) is 11.2 Å². The lowest BCUT2D eigenvalue weighted by molar-refractivity contribution is -0.131. The number of aryl methyl sites for hydroxylation is 1. The molecule has 0 aliphatic carbocycles. The smallest absolute Gasteiger partial charge is 0.328 e. The number of thiophene rings is 1. The Morgan fingerprint density at radius 1 is 0.912 bits per heavy atom. The largest absolute Gasteiger partial charge is 0.478 e. The molecule has 3 N–H and O–H groups in total. The molecule has 0 saturated carbocycles. The summed E-state index contributed by atoms with van der Waals surface area (Å²) in [6, 6.07) is 23.3. The van der Waals surface area contributed by atoms with E-state index in [2.05, 4.69) is 11.8 Å². The van der Waals surface area contributed by atoms with E-state index in [0.717, 1.165) is 34.4 Å². The van der Waals surface area contributed by atoms with Gasteiger partial charge in [-0.1, -0.05) is 60.7 Å². The molecule has 3 aromatic rings. The first kappa shape index (κ1) is 25.8. The second kappa shape index (κ2) is 12.6. The SMILES string of the molecule is C/C(=C\C(=O)O)c1ccc(CC[C@H](C)N(C[C@H](O)c2ccccc2)C[C@H](O)c2ccccc2)s1. The number of benzene rings is 2. The van der Waals surface area contributed by atoms with Gasteiger partial charge in [0, 0.05) is 35.0 Å². The van der Waals surface area contributed by atoms with E-state index in [1.807, 2.05) is 79.7 Å². The molecule has 34 heavy (non-hydrogen) atoms. The molecule has 5 nitrogen and oxygen atoms in total. The van der Waals surface area contributed by atoms with E-state index in [4.69, 9.17) is 5.11 Å². The highest BCUT2D eigenvalue weighted by molar-refractivity contribution is 7.13. The second-order valence-corrected chi connectivity index (χ2v) is 9.79. The third kappa shape index (κ3) is 7.64. The van der Waals surface area contributed by atoms with E-state index in [1.54, 1.807) is 11.3 Å². The van der Waals surface area contributed by atoms with Crippen molar-refractivity contribution in [3.05, 3.63) is 99.8 Å². The van der Waals surface area contributed by atoms with Gasteiger partial charge in [0.25, 0.3) is 0 Å². The molecule has 3 rings (SSSR count). The molecule has 0 saturated heterocycles. The Bertz CT molecular complexity index is 1020. The van der Waals surface area contributed by atoms with Crippen molar-refractivity contribution < 1.29 is 20.1 Å². The van der Waals surface area contributed by atoms with E-state index in [-0.39, 0.29) is 6.04 Å². The van der Waals surface area contributed by atoms with Crippen LogP contribution in [0.2, 0.25) is 0 Å². The molecule has 0 aliphatic rings. The topological polar surface area (TPSA) is 81.0 Å². The molecule has 0 spiro atoms. The number of hydrogen-bond acceptors (Lipinski definition) is 5. The molecule has 1 aromatic heterocycles. The molecule has 1 heterocycles. The predicted octanol–water partition coefficient (Wildman–Crippen LogP) is 5.33. The van der Waals surface area contributed by atoms with Gasteiger partial charge >= 0.3 is 5.97 Å². The van der Waals surface area contributed by atoms with Gasteiger partial charge in [0.15, 0.2) is 0 Å². The molecule has 2 aromatic carbocycles. The van der Waals surface area contributed by atoms with Crippen molar-refractivity contribution in [3.8, 4) is 0 Å². The molecule has 0 radical (unpaired) electrons. The highest BCUT2D eigenvalue weighted by atomic mass is 32.1. The highest BCUT2D eigenvalue weighted by Crippen LogP contribution is 2.27. The summed E-state index contributed by atoms with van der Waals surface area (Å²) in [5.74, 6) is -0.939. The van der Waals surface area contributed by atoms with E-state index >= 15 is 0 Å². The molecule has 0 fully saturated rings. The number of nitrogens with zero attached hydrogens (tertiary/aromatic N) is 1. The predicted molar refractivity (Wildman–Crippen MR) is 138 cm³/mol. The summed E-state index contributed by atoms with van der Waals surface area (Å²) >= 11 is 1.61. The van der Waals surface area contributed by atoms with Gasteiger partial charge in [0.05, 0.1) is 12.2 Å². The van der Waals surface area contributed by atoms with Gasteiger partial charge in [-0.2, -0.15) is 0 Å². The number of aliphatic hydroxyl groups excluding tert-OH is 2. The van der Waals surface area contributed by atoms with Crippen LogP contribution in [0.3, 0.4) is 0 Å². The van der Waals surface area contributed by atoms with Crippen molar-refractivity contribution in [3.63, 3.8) is 0 Å². The minimum atomic E-state index is -0.939. The lowest BCUT2D eigenvalue weighted by Gasteiger charge is -2.33. The number of carbonyl (C=O) groups is 1. The van der Waals surface area contributed by atoms with E-state index < -0.39 is 18.2 Å². The summed E-state index contributed by atoms with van der Waals surface area (Å²) in [5.41, 5.74) is 2.46. The van der Waals surface area contributed by atoms with E-state index in [1.165, 1.54) is 11.0 Å². The fourth-order valence-electron chi connectivity index (χ4n) is 3.95. The summed E-state index contributed by atoms with van der Waals surface area (Å²) in [6.07, 6.45) is 1.62. The van der Waals surface area contributed by atoms with Crippen molar-refractivity contribution in [1.82, 2.24) is 4.90 Å². The Morgan fingerprint density at radius 3 is 1.94 bits per heavy atom. The Kier molecular flexibility index (Phi) is 9.60. The molecular formula is C28H33NO4S. The molecule has 180 valence electrons. The van der Waals surface area contributed by atoms with E-state index in [0.29, 0.717) is 13.1 Å². The maximum Gasteiger partial charge on any atom is 0.328 e. The van der Waals surface area contributed by atoms with Gasteiger partial charge in [0.2, 0.25) is 0 Å². The second-order valence-electron chi connectivity index (χ2n) is 8.63. The third-order valence-electron chi connectivity index (χ3n) is 6.01. The summed E-state index contributed by atoms with van der Waals surface area (Å²) in [4.78, 5) is 15.2. The van der Waals surface area contributed by atoms with Crippen LogP contribution in [0.25, 0.3) is 5.57 Å². The average molecular weight is 480 g/mol. The number of rotatable bonds is 12. The van der Waals surface area contributed by atoms with Crippen LogP contribution in [0.4, 0.5) is 0 Å². The Balaban J connectivity index is 1.69. The van der Waals surface area contributed by atoms with Gasteiger partial charge in [-0.3, -0.25) is 4.90 Å². The normalized spacial score (nSPS) is 14.7. The van der Waals surface area contributed by atoms with Crippen LogP contribution in [0.1, 0.15) is 53.4 Å². The third-order valence-corrected chi connectivity index (χ3v) is 7.29. The van der Waals surface area contributed by atoms with Gasteiger partial charge in [0.1, 0.15) is 0 Å². The number of allylic oxidation sites excluding steroid dienone is 1. The first-order valence-corrected chi connectivity index (χ1v) is 12.4. The van der Waals surface area contributed by atoms with Crippen molar-refractivity contribution in [2.45, 2.75) is 44.9 Å². The quantitative estimate of drug-likeness (QED) is 0.306. The fourth-order valence-corrected chi connectivity index (χ4v) is 4.95. The minimum absolute atomic E-state index is 0.123. The number of carboxylic acids is 1. The number of carboxylic acid groups (broad SMARTS) is 1. The monoisotopic (exact) mass is 479 g/mol. The zero-order chi connectivity index (χ0) is 24.5. The molecule has 3 atom stereocenters. The zero-order valence-corrected chi connectivity index (χ0v) is 20.5. The summed E-state index contributed by atoms with van der Waals surface area (Å²) in [6.45, 7) is 4.78. The highest BCUT2D eigenvalue weighted by Gasteiger charge is 2.22. The van der Waals surface area contributed by atoms with Crippen LogP contribution in [0.15, 0.2) is 78.9 Å². The number of aliphatic hydroxyl groups is 2. The summed E-state index contributed by atoms with van der Waals surface area (Å²) < 4.78 is 0. The van der Waals surface area contributed by atoms with Crippen LogP contribution in [-0.4, -0.2) is 45.3 Å². The van der Waals surface area contributed by atoms with Crippen molar-refractivity contribution in [2.24, 2.45) is 0 Å². The average Bonchev–Trinajstić information content (AvgIpc) is 3.32. The minimum Gasteiger partial charge on any atom is -0.478 e. The van der Waals surface area contributed by atoms with Crippen molar-refractivity contribution in [2.75, 3.05) is 13.1 Å². The molecule has 0 aliphatic heterocycles.